The number of rotatable bonds is 25. The lowest BCUT2D eigenvalue weighted by atomic mass is 9.50. The fourth-order valence-electron chi connectivity index (χ4n) is 19.4. The van der Waals surface area contributed by atoms with E-state index in [-0.39, 0.29) is 81.6 Å². The molecule has 0 atom stereocenters. The SMILES string of the molecule is CCC1(OCC(=O)Oc2c(C)cc([S+](c3ccccc3)c3ccccc3)cc2C)CCCC1.COC(=O)COc1ccc([S+]2CCCC2)c2ccccc12.Cc1cc([S+](c2ccccc2)c2ccccc2)cc(C)c1OC(=O)COC1(C)C2CC3CC(C2)CC1C3.Cc1cccc([S+](c2ccccc2)c2ccccc2)c1.FC(F)(F)c1cccc([S+](c2ccccc2)c2ccccc2)c1. The summed E-state index contributed by atoms with van der Waals surface area (Å²) in [6.45, 7) is 14.6. The molecule has 14 aromatic rings. The van der Waals surface area contributed by atoms with E-state index in [4.69, 9.17) is 23.7 Å². The van der Waals surface area contributed by atoms with Gasteiger partial charge in [0.25, 0.3) is 0 Å². The van der Waals surface area contributed by atoms with Gasteiger partial charge in [0.15, 0.2) is 70.2 Å². The van der Waals surface area contributed by atoms with E-state index in [0.29, 0.717) is 39.1 Å². The average Bonchev–Trinajstić information content (AvgIpc) is 0.738. The van der Waals surface area contributed by atoms with Gasteiger partial charge in [-0.15, -0.1) is 0 Å². The molecule has 688 valence electrons. The van der Waals surface area contributed by atoms with E-state index in [1.165, 1.54) is 148 Å². The normalized spacial score (nSPS) is 17.4. The van der Waals surface area contributed by atoms with Crippen LogP contribution in [0.25, 0.3) is 10.8 Å². The Labute approximate surface area is 804 Å². The molecule has 5 aliphatic carbocycles. The van der Waals surface area contributed by atoms with E-state index in [2.05, 4.69) is 268 Å². The molecule has 0 aromatic heterocycles. The largest absolute Gasteiger partial charge is 0.481 e. The number of aryl methyl sites for hydroxylation is 5. The molecule has 1 heterocycles. The van der Waals surface area contributed by atoms with Crippen LogP contribution in [0.3, 0.4) is 0 Å². The Morgan fingerprint density at radius 1 is 0.366 bits per heavy atom. The van der Waals surface area contributed by atoms with Crippen molar-refractivity contribution in [1.29, 1.82) is 0 Å². The number of ether oxygens (including phenoxy) is 6. The van der Waals surface area contributed by atoms with Crippen molar-refractivity contribution in [3.63, 3.8) is 0 Å². The highest BCUT2D eigenvalue weighted by Crippen LogP contribution is 2.60. The van der Waals surface area contributed by atoms with Gasteiger partial charge in [-0.05, 0) is 297 Å². The van der Waals surface area contributed by atoms with E-state index in [1.54, 1.807) is 6.07 Å². The number of halogens is 3. The standard InChI is InChI=1S/C33H37O3S.C29H33O3S.C19H14F3S.C19H17S.C17H19O3S/c1-22-14-30(37(28-10-6-4-7-11-28)29-12-8-5-9-13-29)15-23(2)32(22)36-31(34)21-35-33(3)26-17-24-16-25(19-26)20-27(33)18-24;1-4-29(17-11-12-18-29)31-21-27(30)32-28-22(2)19-26(20-23(28)3)33(24-13-7-5-8-14-24)25-15-9-6-10-16-25;20-19(21,22)15-8-7-13-18(14-15)23(16-9-3-1-4-10-16)17-11-5-2-6-12-17;1-16-9-8-14-19(15-16)20(17-10-4-2-5-11-17)18-12-6-3-7-13-18;1-19-17(18)12-20-15-8-9-16(21-10-4-5-11-21)14-7-3-2-6-13(14)15/h4-15,24-27H,16-21H2,1-3H3;5-10,13-16,19-20H,4,11-12,17-18,21H2,1-3H3;1-14H;2-15H,1H3;2-3,6-9H,4-5,10-12H2,1H3/q5*+1. The molecule has 1 saturated heterocycles. The van der Waals surface area contributed by atoms with Crippen LogP contribution in [0.2, 0.25) is 0 Å². The molecule has 0 N–H and O–H groups in total. The number of fused-ring (bicyclic) bond motifs is 1. The maximum absolute atomic E-state index is 13.0. The number of benzene rings is 14. The first kappa shape index (κ1) is 97.5. The van der Waals surface area contributed by atoms with Crippen molar-refractivity contribution in [3.05, 3.63) is 385 Å². The smallest absolute Gasteiger partial charge is 0.416 e. The third kappa shape index (κ3) is 24.8. The Hall–Kier alpha value is -11.0. The van der Waals surface area contributed by atoms with E-state index in [1.807, 2.05) is 113 Å². The lowest BCUT2D eigenvalue weighted by Crippen LogP contribution is -2.57. The average molecular weight is 1890 g/mol. The molecule has 17 heteroatoms. The summed E-state index contributed by atoms with van der Waals surface area (Å²) in [6, 6.07) is 119. The number of alkyl halides is 3. The third-order valence-corrected chi connectivity index (χ3v) is 37.3. The number of methoxy groups -OCH3 is 1. The van der Waals surface area contributed by atoms with Gasteiger partial charge in [-0.2, -0.15) is 13.2 Å². The highest BCUT2D eigenvalue weighted by atomic mass is 32.2. The molecule has 0 radical (unpaired) electrons. The molecule has 6 fully saturated rings. The highest BCUT2D eigenvalue weighted by Gasteiger charge is 2.56. The summed E-state index contributed by atoms with van der Waals surface area (Å²) in [5.41, 5.74) is 4.27. The predicted octanol–water partition coefficient (Wildman–Crippen LogP) is 28.6. The Balaban J connectivity index is 0.000000131. The van der Waals surface area contributed by atoms with Crippen LogP contribution in [0.4, 0.5) is 13.2 Å². The van der Waals surface area contributed by atoms with Gasteiger partial charge in [-0.3, -0.25) is 0 Å². The summed E-state index contributed by atoms with van der Waals surface area (Å²) in [6.07, 6.45) is 10.2. The van der Waals surface area contributed by atoms with Crippen molar-refractivity contribution >= 4 is 83.2 Å². The van der Waals surface area contributed by atoms with Gasteiger partial charge in [0.1, 0.15) is 42.0 Å². The lowest BCUT2D eigenvalue weighted by Gasteiger charge is -2.59. The van der Waals surface area contributed by atoms with Crippen LogP contribution in [-0.2, 0) is 89.2 Å². The Morgan fingerprint density at radius 2 is 0.709 bits per heavy atom. The zero-order chi connectivity index (χ0) is 93.6. The first-order chi connectivity index (χ1) is 65.1. The lowest BCUT2D eigenvalue weighted by molar-refractivity contribution is -0.199. The molecule has 134 heavy (non-hydrogen) atoms. The number of carbonyl (C=O) groups excluding carboxylic acids is 3. The van der Waals surface area contributed by atoms with E-state index in [0.717, 1.165) is 80.3 Å². The van der Waals surface area contributed by atoms with Gasteiger partial charge in [0, 0.05) is 52.0 Å². The molecule has 9 nitrogen and oxygen atoms in total. The monoisotopic (exact) mass is 1890 g/mol. The molecule has 4 bridgehead atoms. The van der Waals surface area contributed by atoms with Crippen molar-refractivity contribution < 1.29 is 56.0 Å². The fourth-order valence-corrected chi connectivity index (χ4v) is 30.7. The van der Waals surface area contributed by atoms with Crippen LogP contribution in [0, 0.1) is 58.3 Å². The minimum Gasteiger partial charge on any atom is -0.481 e. The molecule has 14 aromatic carbocycles. The summed E-state index contributed by atoms with van der Waals surface area (Å²) in [5, 5.41) is 2.34. The van der Waals surface area contributed by atoms with E-state index >= 15 is 0 Å². The van der Waals surface area contributed by atoms with Crippen LogP contribution >= 0.6 is 0 Å². The molecular weight excluding hydrogens is 1770 g/mol. The zero-order valence-corrected chi connectivity index (χ0v) is 81.7. The summed E-state index contributed by atoms with van der Waals surface area (Å²) < 4.78 is 73.6. The van der Waals surface area contributed by atoms with Gasteiger partial charge in [-0.1, -0.05) is 202 Å². The summed E-state index contributed by atoms with van der Waals surface area (Å²) >= 11 is 0. The van der Waals surface area contributed by atoms with Crippen molar-refractivity contribution in [2.45, 2.75) is 207 Å². The second-order valence-corrected chi connectivity index (χ2v) is 45.5. The molecule has 0 amide bonds. The Morgan fingerprint density at radius 3 is 1.07 bits per heavy atom. The zero-order valence-electron chi connectivity index (χ0n) is 77.7. The minimum atomic E-state index is -4.33. The molecular formula is C117H120F3O9S5+5. The number of hydrogen-bond donors (Lipinski definition) is 0. The first-order valence-corrected chi connectivity index (χ1v) is 53.0. The van der Waals surface area contributed by atoms with E-state index < -0.39 is 22.6 Å². The highest BCUT2D eigenvalue weighted by molar-refractivity contribution is 7.98. The molecule has 6 aliphatic rings. The van der Waals surface area contributed by atoms with Crippen LogP contribution in [0.1, 0.15) is 124 Å². The Kier molecular flexibility index (Phi) is 33.9. The quantitative estimate of drug-likeness (QED) is 0.0314. The maximum atomic E-state index is 13.0. The third-order valence-electron chi connectivity index (χ3n) is 25.9. The second kappa shape index (κ2) is 46.5. The molecule has 1 aliphatic heterocycles. The summed E-state index contributed by atoms with van der Waals surface area (Å²) in [5.74, 6) is 6.63. The van der Waals surface area contributed by atoms with Gasteiger partial charge >= 0.3 is 24.1 Å². The molecule has 20 rings (SSSR count). The molecule has 5 saturated carbocycles. The summed E-state index contributed by atoms with van der Waals surface area (Å²) in [4.78, 5) is 52.6. The van der Waals surface area contributed by atoms with Gasteiger partial charge in [0.05, 0.1) is 67.5 Å². The number of esters is 3. The van der Waals surface area contributed by atoms with Gasteiger partial charge in [-0.25, -0.2) is 14.4 Å². The van der Waals surface area contributed by atoms with Crippen molar-refractivity contribution in [1.82, 2.24) is 0 Å². The topological polar surface area (TPSA) is 107 Å². The maximum Gasteiger partial charge on any atom is 0.416 e. The first-order valence-electron chi connectivity index (χ1n) is 46.5. The fraction of sp³-hybridized carbons (Fsp3) is 0.274. The molecule has 0 unspecified atom stereocenters. The van der Waals surface area contributed by atoms with Crippen molar-refractivity contribution in [2.24, 2.45) is 23.7 Å². The van der Waals surface area contributed by atoms with Crippen LogP contribution in [0.15, 0.2) is 415 Å². The number of carbonyl (C=O) groups is 3. The second-order valence-electron chi connectivity index (χ2n) is 35.2. The predicted molar refractivity (Wildman–Crippen MR) is 541 cm³/mol. The minimum absolute atomic E-state index is 0.00682. The summed E-state index contributed by atoms with van der Waals surface area (Å²) in [7, 11) is 0.680. The van der Waals surface area contributed by atoms with Crippen LogP contribution < -0.4 is 14.2 Å². The van der Waals surface area contributed by atoms with Gasteiger partial charge < -0.3 is 28.4 Å². The van der Waals surface area contributed by atoms with E-state index in [9.17, 15) is 27.6 Å². The van der Waals surface area contributed by atoms with Crippen LogP contribution in [0.5, 0.6) is 17.2 Å². The van der Waals surface area contributed by atoms with Gasteiger partial charge in [0.2, 0.25) is 0 Å². The molecule has 0 spiro atoms. The number of hydrogen-bond acceptors (Lipinski definition) is 9. The van der Waals surface area contributed by atoms with Crippen LogP contribution in [-0.4, -0.2) is 67.5 Å². The Bertz CT molecular complexity index is 5940. The van der Waals surface area contributed by atoms with Crippen molar-refractivity contribution in [2.75, 3.05) is 38.4 Å². The van der Waals surface area contributed by atoms with Crippen molar-refractivity contribution in [3.8, 4) is 17.2 Å².